The van der Waals surface area contributed by atoms with Crippen LogP contribution in [0.4, 0.5) is 17.5 Å². The van der Waals surface area contributed by atoms with E-state index < -0.39 is 0 Å². The maximum Gasteiger partial charge on any atom is 0.247 e. The van der Waals surface area contributed by atoms with Crippen LogP contribution in [-0.2, 0) is 17.9 Å². The quantitative estimate of drug-likeness (QED) is 0.596. The fraction of sp³-hybridized carbons (Fsp3) is 0.381. The topological polar surface area (TPSA) is 110 Å². The highest BCUT2D eigenvalue weighted by Crippen LogP contribution is 2.32. The van der Waals surface area contributed by atoms with E-state index in [1.165, 1.54) is 0 Å². The minimum Gasteiger partial charge on any atom is -0.481 e. The molecule has 1 aliphatic heterocycles. The number of likely N-dealkylation sites (N-methyl/N-ethyl adjacent to an activating group) is 1. The average molecular weight is 422 g/mol. The van der Waals surface area contributed by atoms with Crippen molar-refractivity contribution in [1.82, 2.24) is 24.7 Å². The molecule has 2 N–H and O–H groups in total. The van der Waals surface area contributed by atoms with Crippen LogP contribution in [0.5, 0.6) is 5.88 Å². The second-order valence-corrected chi connectivity index (χ2v) is 7.46. The third kappa shape index (κ3) is 4.27. The monoisotopic (exact) mass is 422 g/mol. The molecule has 3 aromatic rings. The maximum absolute atomic E-state index is 12.3. The molecule has 4 rings (SSSR count). The molecule has 0 saturated heterocycles. The number of hydrogen-bond donors (Lipinski definition) is 2. The van der Waals surface area contributed by atoms with Crippen LogP contribution in [0.25, 0.3) is 0 Å². The van der Waals surface area contributed by atoms with Crippen LogP contribution in [0.3, 0.4) is 0 Å². The highest BCUT2D eigenvalue weighted by Gasteiger charge is 2.32. The lowest BCUT2D eigenvalue weighted by Gasteiger charge is -2.34. The number of carbonyl (C=O) groups excluding carboxylic acids is 1. The van der Waals surface area contributed by atoms with Crippen LogP contribution in [0, 0.1) is 6.92 Å². The molecule has 0 spiro atoms. The van der Waals surface area contributed by atoms with Gasteiger partial charge in [0.1, 0.15) is 11.7 Å². The van der Waals surface area contributed by atoms with Gasteiger partial charge in [-0.25, -0.2) is 9.97 Å². The molecule has 31 heavy (non-hydrogen) atoms. The number of nitrogens with zero attached hydrogens (tertiary/aromatic N) is 6. The molecule has 0 bridgehead atoms. The molecule has 162 valence electrons. The van der Waals surface area contributed by atoms with Gasteiger partial charge in [-0.3, -0.25) is 9.48 Å². The molecule has 1 amide bonds. The lowest BCUT2D eigenvalue weighted by atomic mass is 10.1. The summed E-state index contributed by atoms with van der Waals surface area (Å²) in [5, 5.41) is 10.6. The van der Waals surface area contributed by atoms with Crippen LogP contribution in [0.1, 0.15) is 30.2 Å². The second kappa shape index (κ2) is 8.58. The molecule has 10 heteroatoms. The number of pyridine rings is 1. The van der Waals surface area contributed by atoms with E-state index in [1.807, 2.05) is 55.0 Å². The van der Waals surface area contributed by atoms with E-state index in [4.69, 9.17) is 4.74 Å². The van der Waals surface area contributed by atoms with E-state index in [1.54, 1.807) is 13.3 Å². The van der Waals surface area contributed by atoms with Crippen molar-refractivity contribution in [3.63, 3.8) is 0 Å². The van der Waals surface area contributed by atoms with Gasteiger partial charge in [-0.1, -0.05) is 6.92 Å². The first-order chi connectivity index (χ1) is 15.0. The van der Waals surface area contributed by atoms with Crippen LogP contribution in [-0.4, -0.2) is 50.8 Å². The first-order valence-electron chi connectivity index (χ1n) is 10.1. The first-order valence-corrected chi connectivity index (χ1v) is 10.1. The van der Waals surface area contributed by atoms with E-state index in [-0.39, 0.29) is 11.9 Å². The largest absolute Gasteiger partial charge is 0.481 e. The molecule has 0 aliphatic carbocycles. The fourth-order valence-electron chi connectivity index (χ4n) is 3.64. The molecule has 0 radical (unpaired) electrons. The summed E-state index contributed by atoms with van der Waals surface area (Å²) in [6.45, 7) is 5.01. The van der Waals surface area contributed by atoms with Crippen molar-refractivity contribution in [3.05, 3.63) is 47.5 Å². The summed E-state index contributed by atoms with van der Waals surface area (Å²) in [5.74, 6) is 1.80. The molecule has 0 aromatic carbocycles. The summed E-state index contributed by atoms with van der Waals surface area (Å²) >= 11 is 0. The molecule has 4 heterocycles. The molecule has 10 nitrogen and oxygen atoms in total. The Labute approximate surface area is 180 Å². The highest BCUT2D eigenvalue weighted by atomic mass is 16.5. The van der Waals surface area contributed by atoms with Crippen LogP contribution in [0.15, 0.2) is 30.7 Å². The molecule has 1 unspecified atom stereocenters. The maximum atomic E-state index is 12.3. The van der Waals surface area contributed by atoms with E-state index in [2.05, 4.69) is 30.7 Å². The Hall–Kier alpha value is -3.69. The van der Waals surface area contributed by atoms with Crippen molar-refractivity contribution < 1.29 is 9.53 Å². The number of nitrogens with one attached hydrogen (secondary N) is 2. The summed E-state index contributed by atoms with van der Waals surface area (Å²) in [6, 6.07) is 3.59. The van der Waals surface area contributed by atoms with Gasteiger partial charge in [-0.05, 0) is 25.0 Å². The Bertz CT molecular complexity index is 1100. The Kier molecular flexibility index (Phi) is 5.70. The third-order valence-corrected chi connectivity index (χ3v) is 5.30. The average Bonchev–Trinajstić information content (AvgIpc) is 3.21. The molecule has 0 saturated carbocycles. The minimum absolute atomic E-state index is 0.0239. The van der Waals surface area contributed by atoms with Crippen molar-refractivity contribution in [2.75, 3.05) is 29.7 Å². The van der Waals surface area contributed by atoms with Gasteiger partial charge < -0.3 is 20.3 Å². The summed E-state index contributed by atoms with van der Waals surface area (Å²) in [7, 11) is 3.49. The van der Waals surface area contributed by atoms with Gasteiger partial charge in [-0.15, -0.1) is 0 Å². The van der Waals surface area contributed by atoms with Gasteiger partial charge in [0.05, 0.1) is 25.5 Å². The number of aryl methyl sites for hydroxylation is 1. The van der Waals surface area contributed by atoms with Crippen LogP contribution in [0.2, 0.25) is 0 Å². The highest BCUT2D eigenvalue weighted by molar-refractivity contribution is 6.03. The number of anilines is 3. The lowest BCUT2D eigenvalue weighted by molar-refractivity contribution is -0.117. The zero-order valence-corrected chi connectivity index (χ0v) is 18.1. The molecule has 1 atom stereocenters. The second-order valence-electron chi connectivity index (χ2n) is 7.46. The first kappa shape index (κ1) is 20.6. The zero-order valence-electron chi connectivity index (χ0n) is 18.1. The van der Waals surface area contributed by atoms with Gasteiger partial charge in [0.2, 0.25) is 17.7 Å². The van der Waals surface area contributed by atoms with Crippen LogP contribution < -0.4 is 20.3 Å². The Morgan fingerprint density at radius 2 is 2.13 bits per heavy atom. The third-order valence-electron chi connectivity index (χ3n) is 5.30. The SMILES string of the molecule is CCC1C(=O)Nc2c(C)nc(NCc3cnn(Cc4ccnc(OC)c4)c3)nc2N1C. The van der Waals surface area contributed by atoms with Crippen molar-refractivity contribution in [2.24, 2.45) is 0 Å². The number of aromatic nitrogens is 5. The van der Waals surface area contributed by atoms with Crippen molar-refractivity contribution >= 4 is 23.4 Å². The number of ether oxygens (including phenoxy) is 1. The Morgan fingerprint density at radius 3 is 2.90 bits per heavy atom. The standard InChI is InChI=1S/C21H26N8O2/c1-5-16-20(30)26-18-13(2)25-21(27-19(18)28(16)3)23-9-15-10-24-29(12-15)11-14-6-7-22-17(8-14)31-4/h6-8,10,12,16H,5,9,11H2,1-4H3,(H,26,30)(H,23,25,27). The van der Waals surface area contributed by atoms with Gasteiger partial charge in [0.15, 0.2) is 5.82 Å². The van der Waals surface area contributed by atoms with Crippen LogP contribution >= 0.6 is 0 Å². The van der Waals surface area contributed by atoms with Crippen molar-refractivity contribution in [3.8, 4) is 5.88 Å². The minimum atomic E-state index is -0.236. The molecular formula is C21H26N8O2. The van der Waals surface area contributed by atoms with Gasteiger partial charge in [0, 0.05) is 37.6 Å². The lowest BCUT2D eigenvalue weighted by Crippen LogP contribution is -2.46. The Morgan fingerprint density at radius 1 is 1.29 bits per heavy atom. The number of methoxy groups -OCH3 is 1. The number of hydrogen-bond acceptors (Lipinski definition) is 8. The van der Waals surface area contributed by atoms with E-state index in [9.17, 15) is 4.79 Å². The zero-order chi connectivity index (χ0) is 22.0. The predicted octanol–water partition coefficient (Wildman–Crippen LogP) is 2.21. The number of rotatable bonds is 7. The fourth-order valence-corrected chi connectivity index (χ4v) is 3.64. The smallest absolute Gasteiger partial charge is 0.247 e. The van der Waals surface area contributed by atoms with Gasteiger partial charge >= 0.3 is 0 Å². The van der Waals surface area contributed by atoms with Gasteiger partial charge in [-0.2, -0.15) is 10.1 Å². The van der Waals surface area contributed by atoms with Crippen molar-refractivity contribution in [1.29, 1.82) is 0 Å². The summed E-state index contributed by atoms with van der Waals surface area (Å²) in [5.41, 5.74) is 3.46. The van der Waals surface area contributed by atoms with Crippen molar-refractivity contribution in [2.45, 2.75) is 39.4 Å². The van der Waals surface area contributed by atoms with Gasteiger partial charge in [0.25, 0.3) is 0 Å². The molecular weight excluding hydrogens is 396 g/mol. The van der Waals surface area contributed by atoms with E-state index in [0.29, 0.717) is 37.0 Å². The summed E-state index contributed by atoms with van der Waals surface area (Å²) in [6.07, 6.45) is 6.22. The normalized spacial score (nSPS) is 15.4. The molecule has 3 aromatic heterocycles. The van der Waals surface area contributed by atoms with E-state index in [0.717, 1.165) is 22.6 Å². The summed E-state index contributed by atoms with van der Waals surface area (Å²) < 4.78 is 7.03. The Balaban J connectivity index is 1.45. The number of carbonyl (C=O) groups is 1. The summed E-state index contributed by atoms with van der Waals surface area (Å²) in [4.78, 5) is 27.4. The molecule has 1 aliphatic rings. The predicted molar refractivity (Wildman–Crippen MR) is 117 cm³/mol. The van der Waals surface area contributed by atoms with E-state index >= 15 is 0 Å². The molecule has 0 fully saturated rings. The number of amides is 1. The number of fused-ring (bicyclic) bond motifs is 1.